The number of H-pyrrole nitrogens is 1. The van der Waals surface area contributed by atoms with Crippen LogP contribution in [0.25, 0.3) is 6.08 Å². The Kier molecular flexibility index (Phi) is 20.9. The van der Waals surface area contributed by atoms with Crippen molar-refractivity contribution in [1.29, 1.82) is 0 Å². The molecule has 3 heterocycles. The predicted molar refractivity (Wildman–Crippen MR) is 215 cm³/mol. The molecule has 0 spiro atoms. The van der Waals surface area contributed by atoms with Crippen LogP contribution in [-0.4, -0.2) is 37.2 Å². The number of aromatic amines is 1. The van der Waals surface area contributed by atoms with E-state index in [-0.39, 0.29) is 23.5 Å². The van der Waals surface area contributed by atoms with Crippen molar-refractivity contribution >= 4 is 29.6 Å². The van der Waals surface area contributed by atoms with Gasteiger partial charge in [0, 0.05) is 36.5 Å². The quantitative estimate of drug-likeness (QED) is 0.145. The highest BCUT2D eigenvalue weighted by molar-refractivity contribution is 7.97. The number of nitrogens with two attached hydrogens (primary N) is 1. The van der Waals surface area contributed by atoms with Crippen molar-refractivity contribution in [2.75, 3.05) is 18.0 Å². The van der Waals surface area contributed by atoms with Crippen molar-refractivity contribution in [1.82, 2.24) is 19.1 Å². The highest BCUT2D eigenvalue weighted by atomic mass is 32.2. The van der Waals surface area contributed by atoms with Gasteiger partial charge in [-0.25, -0.2) is 9.07 Å². The highest BCUT2D eigenvalue weighted by Crippen LogP contribution is 2.34. The van der Waals surface area contributed by atoms with Crippen LogP contribution < -0.4 is 5.73 Å². The molecule has 3 N–H and O–H groups in total. The van der Waals surface area contributed by atoms with Crippen molar-refractivity contribution in [3.63, 3.8) is 0 Å². The molecule has 2 aromatic heterocycles. The molecule has 0 radical (unpaired) electrons. The van der Waals surface area contributed by atoms with E-state index in [1.807, 2.05) is 105 Å². The van der Waals surface area contributed by atoms with Crippen LogP contribution in [0.4, 0.5) is 10.2 Å². The smallest absolute Gasteiger partial charge is 0.214 e. The fourth-order valence-electron chi connectivity index (χ4n) is 5.47. The Labute approximate surface area is 306 Å². The van der Waals surface area contributed by atoms with Crippen LogP contribution in [0.3, 0.4) is 0 Å². The lowest BCUT2D eigenvalue weighted by molar-refractivity contribution is 0.103. The maximum absolute atomic E-state index is 14.5. The molecule has 1 saturated heterocycles. The summed E-state index contributed by atoms with van der Waals surface area (Å²) in [6, 6.07) is 1.59. The van der Waals surface area contributed by atoms with Gasteiger partial charge < -0.3 is 19.8 Å². The van der Waals surface area contributed by atoms with E-state index in [1.165, 1.54) is 23.9 Å². The second-order valence-electron chi connectivity index (χ2n) is 10.9. The zero-order chi connectivity index (χ0) is 37.8. The molecule has 0 amide bonds. The number of hydrogen-bond acceptors (Lipinski definition) is 6. The van der Waals surface area contributed by atoms with Crippen LogP contribution in [0.5, 0.6) is 0 Å². The minimum atomic E-state index is -0.319. The molecule has 2 aliphatic carbocycles. The number of nitrogens with zero attached hydrogens (tertiary/aromatic N) is 3. The molecule has 1 atom stereocenters. The average molecular weight is 710 g/mol. The third-order valence-corrected chi connectivity index (χ3v) is 8.98. The van der Waals surface area contributed by atoms with E-state index < -0.39 is 0 Å². The number of nitrogens with one attached hydrogen (secondary N) is 1. The molecule has 50 heavy (non-hydrogen) atoms. The van der Waals surface area contributed by atoms with Gasteiger partial charge in [-0.05, 0) is 86.1 Å². The van der Waals surface area contributed by atoms with Crippen LogP contribution >= 0.6 is 11.9 Å². The molecule has 0 aromatic carbocycles. The van der Waals surface area contributed by atoms with Gasteiger partial charge in [0.2, 0.25) is 5.78 Å². The Bertz CT molecular complexity index is 1530. The number of nitrogen functional groups attached to an aromatic ring is 1. The Morgan fingerprint density at radius 2 is 1.80 bits per heavy atom. The van der Waals surface area contributed by atoms with Gasteiger partial charge in [-0.3, -0.25) is 4.79 Å². The maximum atomic E-state index is 14.5. The van der Waals surface area contributed by atoms with Gasteiger partial charge in [0.15, 0.2) is 0 Å². The Balaban J connectivity index is 0.00000146. The van der Waals surface area contributed by atoms with E-state index in [0.29, 0.717) is 35.6 Å². The highest BCUT2D eigenvalue weighted by Gasteiger charge is 2.25. The first-order valence-electron chi connectivity index (χ1n) is 18.8. The van der Waals surface area contributed by atoms with Gasteiger partial charge in [0.25, 0.3) is 0 Å². The van der Waals surface area contributed by atoms with Crippen molar-refractivity contribution in [2.24, 2.45) is 0 Å². The van der Waals surface area contributed by atoms with Gasteiger partial charge in [-0.1, -0.05) is 93.9 Å². The number of carbonyl (C=O) groups excluding carboxylic acids is 1. The minimum Gasteiger partial charge on any atom is -0.459 e. The number of allylic oxidation sites excluding steroid dienone is 9. The van der Waals surface area contributed by atoms with Crippen LogP contribution in [0.15, 0.2) is 76.8 Å². The summed E-state index contributed by atoms with van der Waals surface area (Å²) in [5.74, 6) is 1.95. The Morgan fingerprint density at radius 1 is 1.10 bits per heavy atom. The van der Waals surface area contributed by atoms with Crippen LogP contribution in [-0.2, 0) is 11.2 Å². The molecular formula is C41H64FN5O2S. The molecule has 0 bridgehead atoms. The number of carbonyl (C=O) groups is 1. The molecule has 1 aliphatic heterocycles. The third kappa shape index (κ3) is 11.4. The first-order valence-corrected chi connectivity index (χ1v) is 19.8. The SMILES string of the molecule is CC.CC.CC.CC.CCCC/C(OC1=CC=CC(n2ncc(C(=O)c3cc4c([nH]3)CC=C(N3CCCS3)C(C)=C4)c2N)C(C)=C1)=C(/F)CC. The van der Waals surface area contributed by atoms with Gasteiger partial charge in [0.1, 0.15) is 23.2 Å². The normalized spacial score (nSPS) is 16.7. The number of ketones is 1. The molecule has 0 saturated carbocycles. The summed E-state index contributed by atoms with van der Waals surface area (Å²) in [4.78, 5) is 17.0. The fraction of sp³-hybridized carbons (Fsp3) is 0.512. The lowest BCUT2D eigenvalue weighted by atomic mass is 10.1. The fourth-order valence-corrected chi connectivity index (χ4v) is 6.57. The number of anilines is 1. The summed E-state index contributed by atoms with van der Waals surface area (Å²) in [7, 11) is 0. The van der Waals surface area contributed by atoms with Gasteiger partial charge in [0.05, 0.1) is 23.5 Å². The topological polar surface area (TPSA) is 89.2 Å². The van der Waals surface area contributed by atoms with Crippen molar-refractivity contribution in [3.8, 4) is 0 Å². The monoisotopic (exact) mass is 709 g/mol. The zero-order valence-corrected chi connectivity index (χ0v) is 33.7. The maximum Gasteiger partial charge on any atom is 0.214 e. The minimum absolute atomic E-state index is 0.195. The van der Waals surface area contributed by atoms with E-state index >= 15 is 0 Å². The molecule has 278 valence electrons. The number of aromatic nitrogens is 3. The van der Waals surface area contributed by atoms with Crippen molar-refractivity contribution in [2.45, 2.75) is 128 Å². The first kappa shape index (κ1) is 44.3. The Morgan fingerprint density at radius 3 is 2.42 bits per heavy atom. The third-order valence-electron chi connectivity index (χ3n) is 7.82. The zero-order valence-electron chi connectivity index (χ0n) is 32.9. The molecule has 9 heteroatoms. The van der Waals surface area contributed by atoms with Crippen LogP contribution in [0.1, 0.15) is 149 Å². The summed E-state index contributed by atoms with van der Waals surface area (Å²) in [5.41, 5.74) is 12.8. The lowest BCUT2D eigenvalue weighted by Crippen LogP contribution is -2.14. The van der Waals surface area contributed by atoms with E-state index in [2.05, 4.69) is 40.4 Å². The summed E-state index contributed by atoms with van der Waals surface area (Å²) < 4.78 is 24.5. The summed E-state index contributed by atoms with van der Waals surface area (Å²) in [5, 5.41) is 4.51. The second-order valence-corrected chi connectivity index (χ2v) is 12.0. The number of rotatable bonds is 10. The van der Waals surface area contributed by atoms with E-state index in [9.17, 15) is 9.18 Å². The van der Waals surface area contributed by atoms with E-state index in [4.69, 9.17) is 10.5 Å². The molecular weight excluding hydrogens is 646 g/mol. The largest absolute Gasteiger partial charge is 0.459 e. The molecule has 7 nitrogen and oxygen atoms in total. The number of ether oxygens (including phenoxy) is 1. The lowest BCUT2D eigenvalue weighted by Gasteiger charge is -2.20. The van der Waals surface area contributed by atoms with E-state index in [1.54, 1.807) is 11.6 Å². The molecule has 1 fully saturated rings. The van der Waals surface area contributed by atoms with Gasteiger partial charge in [-0.15, -0.1) is 0 Å². The standard InChI is InChI=1S/C33H40FN5O2S.4C2H6/c1-5-7-12-31(26(34)6-2)41-24-10-8-11-30(22(4)18-24)39-33(35)25(20-36-39)32(40)28-19-23-17-21(3)29(14-13-27(23)37-28)38-15-9-16-42-38;4*1-2/h8,10-11,14,17-20,30,37H,5-7,9,12-13,15-16,35H2,1-4H3;4*1-2H3/b31-26-;;;;. The number of hydrogen-bond donors (Lipinski definition) is 2. The summed E-state index contributed by atoms with van der Waals surface area (Å²) in [6.45, 7) is 25.0. The number of halogens is 1. The van der Waals surface area contributed by atoms with Crippen LogP contribution in [0, 0.1) is 0 Å². The predicted octanol–water partition coefficient (Wildman–Crippen LogP) is 12.1. The van der Waals surface area contributed by atoms with Gasteiger partial charge in [-0.2, -0.15) is 5.10 Å². The summed E-state index contributed by atoms with van der Waals surface area (Å²) >= 11 is 1.87. The van der Waals surface area contributed by atoms with Crippen molar-refractivity contribution < 1.29 is 13.9 Å². The van der Waals surface area contributed by atoms with Crippen LogP contribution in [0.2, 0.25) is 0 Å². The molecule has 3 aliphatic rings. The summed E-state index contributed by atoms with van der Waals surface area (Å²) in [6.07, 6.45) is 18.0. The molecule has 1 unspecified atom stereocenters. The number of fused-ring (bicyclic) bond motifs is 1. The van der Waals surface area contributed by atoms with Crippen molar-refractivity contribution in [3.05, 3.63) is 99.3 Å². The molecule has 2 aromatic rings. The van der Waals surface area contributed by atoms with Gasteiger partial charge >= 0.3 is 0 Å². The molecule has 5 rings (SSSR count). The second kappa shape index (κ2) is 23.6. The average Bonchev–Trinajstić information content (AvgIpc) is 3.87. The Hall–Kier alpha value is -3.72. The first-order chi connectivity index (χ1) is 24.3. The van der Waals surface area contributed by atoms with E-state index in [0.717, 1.165) is 48.4 Å². The number of unbranched alkanes of at least 4 members (excludes halogenated alkanes) is 1.